The van der Waals surface area contributed by atoms with E-state index in [1.807, 2.05) is 32.0 Å². The van der Waals surface area contributed by atoms with Crippen LogP contribution >= 0.6 is 0 Å². The number of hydrogen-bond donors (Lipinski definition) is 0. The molecule has 0 atom stereocenters. The highest BCUT2D eigenvalue weighted by Crippen LogP contribution is 2.17. The molecule has 2 nitrogen and oxygen atoms in total. The van der Waals surface area contributed by atoms with Crippen LogP contribution in [0.15, 0.2) is 27.4 Å². The van der Waals surface area contributed by atoms with Gasteiger partial charge in [-0.3, -0.25) is 4.79 Å². The molecule has 0 aliphatic rings. The smallest absolute Gasteiger partial charge is 0.195 e. The van der Waals surface area contributed by atoms with Crippen LogP contribution in [0.1, 0.15) is 30.2 Å². The maximum atomic E-state index is 12.1. The first-order valence-electron chi connectivity index (χ1n) is 5.66. The van der Waals surface area contributed by atoms with E-state index >= 15 is 0 Å². The Morgan fingerprint density at radius 3 is 2.69 bits per heavy atom. The number of aryl methyl sites for hydroxylation is 2. The van der Waals surface area contributed by atoms with Gasteiger partial charge in [0.25, 0.3) is 0 Å². The van der Waals surface area contributed by atoms with Gasteiger partial charge in [-0.15, -0.1) is 0 Å². The van der Waals surface area contributed by atoms with Gasteiger partial charge >= 0.3 is 0 Å². The molecule has 0 aliphatic carbocycles. The second-order valence-corrected chi connectivity index (χ2v) is 4.23. The van der Waals surface area contributed by atoms with Crippen LogP contribution in [0.3, 0.4) is 0 Å². The van der Waals surface area contributed by atoms with E-state index < -0.39 is 0 Å². The summed E-state index contributed by atoms with van der Waals surface area (Å²) in [6, 6.07) is 5.74. The summed E-state index contributed by atoms with van der Waals surface area (Å²) in [5, 5.41) is 0.692. The maximum Gasteiger partial charge on any atom is 0.195 e. The van der Waals surface area contributed by atoms with Crippen molar-refractivity contribution in [2.45, 2.75) is 33.6 Å². The minimum Gasteiger partial charge on any atom is -0.461 e. The third kappa shape index (κ3) is 1.75. The van der Waals surface area contributed by atoms with E-state index in [9.17, 15) is 4.79 Å². The summed E-state index contributed by atoms with van der Waals surface area (Å²) < 4.78 is 5.77. The Balaban J connectivity index is 2.78. The molecule has 0 unspecified atom stereocenters. The zero-order valence-electron chi connectivity index (χ0n) is 9.96. The second-order valence-electron chi connectivity index (χ2n) is 4.23. The van der Waals surface area contributed by atoms with Crippen molar-refractivity contribution in [2.24, 2.45) is 0 Å². The third-order valence-corrected chi connectivity index (χ3v) is 2.85. The van der Waals surface area contributed by atoms with E-state index in [0.29, 0.717) is 11.0 Å². The average molecular weight is 216 g/mol. The molecule has 0 radical (unpaired) electrons. The van der Waals surface area contributed by atoms with Crippen LogP contribution in [-0.2, 0) is 6.42 Å². The van der Waals surface area contributed by atoms with Crippen molar-refractivity contribution in [1.82, 2.24) is 0 Å². The molecule has 84 valence electrons. The normalized spacial score (nSPS) is 10.9. The summed E-state index contributed by atoms with van der Waals surface area (Å²) in [5.41, 5.74) is 2.64. The van der Waals surface area contributed by atoms with Gasteiger partial charge < -0.3 is 4.42 Å². The zero-order valence-corrected chi connectivity index (χ0v) is 9.96. The molecule has 2 aromatic rings. The Bertz CT molecular complexity index is 579. The predicted molar refractivity (Wildman–Crippen MR) is 66.0 cm³/mol. The first-order chi connectivity index (χ1) is 7.63. The van der Waals surface area contributed by atoms with Gasteiger partial charge in [0.15, 0.2) is 5.43 Å². The molecule has 2 rings (SSSR count). The lowest BCUT2D eigenvalue weighted by Crippen LogP contribution is -2.09. The molecule has 0 fully saturated rings. The molecular formula is C14H16O2. The molecule has 2 heteroatoms. The van der Waals surface area contributed by atoms with E-state index in [0.717, 1.165) is 29.7 Å². The lowest BCUT2D eigenvalue weighted by molar-refractivity contribution is 0.525. The second kappa shape index (κ2) is 4.12. The summed E-state index contributed by atoms with van der Waals surface area (Å²) in [6.45, 7) is 5.91. The fraction of sp³-hybridized carbons (Fsp3) is 0.357. The van der Waals surface area contributed by atoms with Gasteiger partial charge in [0.05, 0.1) is 5.39 Å². The van der Waals surface area contributed by atoms with E-state index in [4.69, 9.17) is 4.42 Å². The van der Waals surface area contributed by atoms with Crippen molar-refractivity contribution in [2.75, 3.05) is 0 Å². The fourth-order valence-corrected chi connectivity index (χ4v) is 1.91. The number of fused-ring (bicyclic) bond motifs is 1. The standard InChI is InChI=1S/C14H16O2/c1-4-5-12-10(3)14(15)11-8-9(2)6-7-13(11)16-12/h6-8H,4-5H2,1-3H3. The molecule has 1 heterocycles. The van der Waals surface area contributed by atoms with Crippen LogP contribution in [-0.4, -0.2) is 0 Å². The molecule has 0 saturated heterocycles. The van der Waals surface area contributed by atoms with Crippen molar-refractivity contribution < 1.29 is 4.42 Å². The van der Waals surface area contributed by atoms with E-state index in [1.165, 1.54) is 0 Å². The van der Waals surface area contributed by atoms with Crippen LogP contribution in [0.5, 0.6) is 0 Å². The Kier molecular flexibility index (Phi) is 2.82. The van der Waals surface area contributed by atoms with Gasteiger partial charge in [0.1, 0.15) is 11.3 Å². The highest BCUT2D eigenvalue weighted by atomic mass is 16.3. The van der Waals surface area contributed by atoms with Crippen LogP contribution in [0.25, 0.3) is 11.0 Å². The SMILES string of the molecule is CCCc1oc2ccc(C)cc2c(=O)c1C. The quantitative estimate of drug-likeness (QED) is 0.770. The maximum absolute atomic E-state index is 12.1. The number of benzene rings is 1. The third-order valence-electron chi connectivity index (χ3n) is 2.85. The van der Waals surface area contributed by atoms with E-state index in [1.54, 1.807) is 0 Å². The monoisotopic (exact) mass is 216 g/mol. The lowest BCUT2D eigenvalue weighted by atomic mass is 10.1. The van der Waals surface area contributed by atoms with Crippen molar-refractivity contribution in [3.63, 3.8) is 0 Å². The first kappa shape index (κ1) is 10.9. The summed E-state index contributed by atoms with van der Waals surface area (Å²) >= 11 is 0. The molecule has 0 amide bonds. The van der Waals surface area contributed by atoms with Gasteiger partial charge in [0.2, 0.25) is 0 Å². The largest absolute Gasteiger partial charge is 0.461 e. The summed E-state index contributed by atoms with van der Waals surface area (Å²) in [6.07, 6.45) is 1.81. The molecule has 0 aliphatic heterocycles. The van der Waals surface area contributed by atoms with E-state index in [2.05, 4.69) is 6.92 Å². The molecular weight excluding hydrogens is 200 g/mol. The van der Waals surface area contributed by atoms with Crippen molar-refractivity contribution in [1.29, 1.82) is 0 Å². The molecule has 16 heavy (non-hydrogen) atoms. The minimum atomic E-state index is 0.105. The number of rotatable bonds is 2. The van der Waals surface area contributed by atoms with Gasteiger partial charge in [-0.2, -0.15) is 0 Å². The molecule has 0 saturated carbocycles. The van der Waals surface area contributed by atoms with E-state index in [-0.39, 0.29) is 5.43 Å². The van der Waals surface area contributed by atoms with Crippen molar-refractivity contribution >= 4 is 11.0 Å². The molecule has 0 spiro atoms. The van der Waals surface area contributed by atoms with Crippen LogP contribution in [0, 0.1) is 13.8 Å². The highest BCUT2D eigenvalue weighted by molar-refractivity contribution is 5.78. The Morgan fingerprint density at radius 2 is 2.00 bits per heavy atom. The van der Waals surface area contributed by atoms with Gasteiger partial charge in [0, 0.05) is 12.0 Å². The first-order valence-corrected chi connectivity index (χ1v) is 5.66. The topological polar surface area (TPSA) is 30.2 Å². The zero-order chi connectivity index (χ0) is 11.7. The predicted octanol–water partition coefficient (Wildman–Crippen LogP) is 3.36. The molecule has 0 N–H and O–H groups in total. The summed E-state index contributed by atoms with van der Waals surface area (Å²) in [5.74, 6) is 0.823. The highest BCUT2D eigenvalue weighted by Gasteiger charge is 2.09. The Morgan fingerprint density at radius 1 is 1.25 bits per heavy atom. The fourth-order valence-electron chi connectivity index (χ4n) is 1.91. The minimum absolute atomic E-state index is 0.105. The molecule has 1 aromatic carbocycles. The Hall–Kier alpha value is -1.57. The van der Waals surface area contributed by atoms with Crippen LogP contribution in [0.2, 0.25) is 0 Å². The van der Waals surface area contributed by atoms with Gasteiger partial charge in [-0.25, -0.2) is 0 Å². The summed E-state index contributed by atoms with van der Waals surface area (Å²) in [4.78, 5) is 12.1. The lowest BCUT2D eigenvalue weighted by Gasteiger charge is -2.06. The van der Waals surface area contributed by atoms with Gasteiger partial charge in [-0.1, -0.05) is 18.6 Å². The summed E-state index contributed by atoms with van der Waals surface area (Å²) in [7, 11) is 0. The van der Waals surface area contributed by atoms with Gasteiger partial charge in [-0.05, 0) is 32.4 Å². The van der Waals surface area contributed by atoms with Crippen LogP contribution in [0.4, 0.5) is 0 Å². The molecule has 0 bridgehead atoms. The number of hydrogen-bond acceptors (Lipinski definition) is 2. The average Bonchev–Trinajstić information content (AvgIpc) is 2.27. The van der Waals surface area contributed by atoms with Crippen molar-refractivity contribution in [3.8, 4) is 0 Å². The molecule has 1 aromatic heterocycles. The van der Waals surface area contributed by atoms with Crippen LogP contribution < -0.4 is 5.43 Å². The Labute approximate surface area is 94.9 Å². The van der Waals surface area contributed by atoms with Crippen molar-refractivity contribution in [3.05, 3.63) is 45.3 Å².